The van der Waals surface area contributed by atoms with E-state index in [9.17, 15) is 10.2 Å². The topological polar surface area (TPSA) is 40.5 Å². The Morgan fingerprint density at radius 3 is 2.66 bits per heavy atom. The van der Waals surface area contributed by atoms with E-state index in [0.717, 1.165) is 55.4 Å². The molecular weight excluding hydrogens is 356 g/mol. The van der Waals surface area contributed by atoms with Crippen LogP contribution >= 0.6 is 0 Å². The van der Waals surface area contributed by atoms with E-state index in [-0.39, 0.29) is 6.10 Å². The molecule has 2 N–H and O–H groups in total. The van der Waals surface area contributed by atoms with E-state index in [1.165, 1.54) is 44.1 Å². The van der Waals surface area contributed by atoms with Gasteiger partial charge in [0.2, 0.25) is 0 Å². The average molecular weight is 401 g/mol. The van der Waals surface area contributed by atoms with Crippen molar-refractivity contribution in [1.82, 2.24) is 0 Å². The normalized spacial score (nSPS) is 37.2. The Morgan fingerprint density at radius 2 is 1.93 bits per heavy atom. The van der Waals surface area contributed by atoms with Gasteiger partial charge in [-0.3, -0.25) is 0 Å². The van der Waals surface area contributed by atoms with Crippen molar-refractivity contribution in [2.75, 3.05) is 0 Å². The van der Waals surface area contributed by atoms with Crippen molar-refractivity contribution in [2.24, 2.45) is 23.2 Å². The van der Waals surface area contributed by atoms with Crippen molar-refractivity contribution < 1.29 is 10.2 Å². The molecule has 3 fully saturated rings. The maximum absolute atomic E-state index is 10.1. The molecule has 2 heteroatoms. The summed E-state index contributed by atoms with van der Waals surface area (Å²) in [7, 11) is 0. The summed E-state index contributed by atoms with van der Waals surface area (Å²) >= 11 is 0. The first-order chi connectivity index (χ1) is 13.6. The molecule has 0 aliphatic heterocycles. The van der Waals surface area contributed by atoms with Crippen LogP contribution in [0.2, 0.25) is 0 Å². The standard InChI is InChI=1S/C27H44O2/c1-19(9-7-17-26(3,4)29)23-15-16-24-22(11-8-18-27(23,24)5)14-13-21-10-6-12-25(28)20(21)2/h13-14,19,23-25,28-29H,2,6-12,15-18H2,1,3-5H3/b21-13-,22-14+/t19-,23-,24+,25+,27-/m1/s1. The van der Waals surface area contributed by atoms with Gasteiger partial charge in [0.25, 0.3) is 0 Å². The molecule has 3 rings (SSSR count). The van der Waals surface area contributed by atoms with Crippen LogP contribution in [0.3, 0.4) is 0 Å². The van der Waals surface area contributed by atoms with Crippen molar-refractivity contribution in [3.8, 4) is 0 Å². The lowest BCUT2D eigenvalue weighted by atomic mass is 9.60. The Balaban J connectivity index is 1.68. The molecule has 0 unspecified atom stereocenters. The second-order valence-corrected chi connectivity index (χ2v) is 11.1. The highest BCUT2D eigenvalue weighted by molar-refractivity contribution is 5.37. The van der Waals surface area contributed by atoms with Gasteiger partial charge < -0.3 is 10.2 Å². The van der Waals surface area contributed by atoms with Crippen LogP contribution in [0.1, 0.15) is 98.3 Å². The minimum absolute atomic E-state index is 0.342. The van der Waals surface area contributed by atoms with Gasteiger partial charge in [-0.05, 0) is 106 Å². The zero-order chi connectivity index (χ0) is 21.2. The van der Waals surface area contributed by atoms with Crippen LogP contribution in [0.15, 0.2) is 35.5 Å². The van der Waals surface area contributed by atoms with Gasteiger partial charge in [-0.15, -0.1) is 0 Å². The van der Waals surface area contributed by atoms with Crippen LogP contribution in [0.5, 0.6) is 0 Å². The third-order valence-electron chi connectivity index (χ3n) is 8.41. The lowest BCUT2D eigenvalue weighted by molar-refractivity contribution is 0.0596. The zero-order valence-corrected chi connectivity index (χ0v) is 19.3. The Kier molecular flexibility index (Phi) is 7.16. The highest BCUT2D eigenvalue weighted by atomic mass is 16.3. The van der Waals surface area contributed by atoms with Crippen molar-refractivity contribution in [3.05, 3.63) is 35.5 Å². The van der Waals surface area contributed by atoms with Crippen LogP contribution in [0, 0.1) is 23.2 Å². The quantitative estimate of drug-likeness (QED) is 0.518. The van der Waals surface area contributed by atoms with E-state index in [2.05, 4.69) is 32.6 Å². The lowest BCUT2D eigenvalue weighted by Crippen LogP contribution is -2.36. The average Bonchev–Trinajstić information content (AvgIpc) is 2.99. The predicted octanol–water partition coefficient (Wildman–Crippen LogP) is 6.73. The van der Waals surface area contributed by atoms with Gasteiger partial charge in [0.05, 0.1) is 11.7 Å². The van der Waals surface area contributed by atoms with Gasteiger partial charge in [-0.2, -0.15) is 0 Å². The summed E-state index contributed by atoms with van der Waals surface area (Å²) < 4.78 is 0. The molecule has 0 saturated heterocycles. The summed E-state index contributed by atoms with van der Waals surface area (Å²) in [6, 6.07) is 0. The lowest BCUT2D eigenvalue weighted by Gasteiger charge is -2.44. The summed E-state index contributed by atoms with van der Waals surface area (Å²) in [4.78, 5) is 0. The monoisotopic (exact) mass is 400 g/mol. The molecular formula is C27H44O2. The first-order valence-electron chi connectivity index (χ1n) is 12.1. The van der Waals surface area contributed by atoms with Gasteiger partial charge in [0, 0.05) is 0 Å². The summed E-state index contributed by atoms with van der Waals surface area (Å²) in [6.45, 7) is 13.0. The summed E-state index contributed by atoms with van der Waals surface area (Å²) in [5, 5.41) is 20.2. The Labute approximate surface area is 179 Å². The molecule has 164 valence electrons. The smallest absolute Gasteiger partial charge is 0.0787 e. The summed E-state index contributed by atoms with van der Waals surface area (Å²) in [6.07, 6.45) is 17.2. The van der Waals surface area contributed by atoms with Gasteiger partial charge in [-0.1, -0.05) is 51.0 Å². The van der Waals surface area contributed by atoms with E-state index in [1.54, 1.807) is 5.57 Å². The summed E-state index contributed by atoms with van der Waals surface area (Å²) in [5.41, 5.74) is 3.74. The third-order valence-corrected chi connectivity index (χ3v) is 8.41. The SMILES string of the molecule is C=C1/C(=C\C=C2/CCC[C@]3(C)[C@@H]([C@H](C)CCCC(C)(C)O)CC[C@@H]23)CCC[C@@H]1O. The highest BCUT2D eigenvalue weighted by Gasteiger charge is 2.50. The fourth-order valence-corrected chi connectivity index (χ4v) is 6.70. The number of aliphatic hydroxyl groups is 2. The van der Waals surface area contributed by atoms with Crippen molar-refractivity contribution in [2.45, 2.75) is 110 Å². The number of fused-ring (bicyclic) bond motifs is 1. The molecule has 0 aromatic carbocycles. The molecule has 3 aliphatic carbocycles. The van der Waals surface area contributed by atoms with Crippen molar-refractivity contribution in [1.29, 1.82) is 0 Å². The second kappa shape index (κ2) is 9.10. The van der Waals surface area contributed by atoms with Gasteiger partial charge in [0.1, 0.15) is 0 Å². The molecule has 3 saturated carbocycles. The molecule has 5 atom stereocenters. The minimum atomic E-state index is -0.535. The first-order valence-corrected chi connectivity index (χ1v) is 12.1. The van der Waals surface area contributed by atoms with E-state index in [1.807, 2.05) is 13.8 Å². The zero-order valence-electron chi connectivity index (χ0n) is 19.3. The van der Waals surface area contributed by atoms with Gasteiger partial charge in [0.15, 0.2) is 0 Å². The van der Waals surface area contributed by atoms with E-state index in [4.69, 9.17) is 0 Å². The summed E-state index contributed by atoms with van der Waals surface area (Å²) in [5.74, 6) is 2.26. The molecule has 0 aromatic rings. The van der Waals surface area contributed by atoms with Gasteiger partial charge >= 0.3 is 0 Å². The maximum Gasteiger partial charge on any atom is 0.0787 e. The fourth-order valence-electron chi connectivity index (χ4n) is 6.70. The number of aliphatic hydroxyl groups excluding tert-OH is 1. The minimum Gasteiger partial charge on any atom is -0.390 e. The van der Waals surface area contributed by atoms with E-state index >= 15 is 0 Å². The third kappa shape index (κ3) is 5.25. The number of hydrogen-bond donors (Lipinski definition) is 2. The molecule has 0 radical (unpaired) electrons. The van der Waals surface area contributed by atoms with Crippen LogP contribution in [-0.4, -0.2) is 21.9 Å². The number of hydrogen-bond acceptors (Lipinski definition) is 2. The highest BCUT2D eigenvalue weighted by Crippen LogP contribution is 2.60. The van der Waals surface area contributed by atoms with E-state index in [0.29, 0.717) is 5.41 Å². The first kappa shape index (κ1) is 22.8. The second-order valence-electron chi connectivity index (χ2n) is 11.1. The Bertz CT molecular complexity index is 650. The number of allylic oxidation sites excluding steroid dienone is 3. The predicted molar refractivity (Wildman–Crippen MR) is 123 cm³/mol. The van der Waals surface area contributed by atoms with Crippen molar-refractivity contribution >= 4 is 0 Å². The molecule has 2 nitrogen and oxygen atoms in total. The number of rotatable bonds is 6. The molecule has 0 aromatic heterocycles. The van der Waals surface area contributed by atoms with Crippen LogP contribution in [-0.2, 0) is 0 Å². The molecule has 3 aliphatic rings. The molecule has 0 heterocycles. The van der Waals surface area contributed by atoms with Crippen molar-refractivity contribution in [3.63, 3.8) is 0 Å². The van der Waals surface area contributed by atoms with Crippen LogP contribution in [0.25, 0.3) is 0 Å². The largest absolute Gasteiger partial charge is 0.390 e. The van der Waals surface area contributed by atoms with Crippen LogP contribution < -0.4 is 0 Å². The Morgan fingerprint density at radius 1 is 1.17 bits per heavy atom. The maximum atomic E-state index is 10.1. The van der Waals surface area contributed by atoms with Crippen LogP contribution in [0.4, 0.5) is 0 Å². The molecule has 29 heavy (non-hydrogen) atoms. The molecule has 0 spiro atoms. The fraction of sp³-hybridized carbons (Fsp3) is 0.778. The van der Waals surface area contributed by atoms with E-state index < -0.39 is 5.60 Å². The molecule has 0 amide bonds. The van der Waals surface area contributed by atoms with Gasteiger partial charge in [-0.25, -0.2) is 0 Å². The molecule has 0 bridgehead atoms. The Hall–Kier alpha value is -0.860.